The molecule has 0 aromatic heterocycles. The van der Waals surface area contributed by atoms with E-state index in [0.29, 0.717) is 18.7 Å². The summed E-state index contributed by atoms with van der Waals surface area (Å²) in [7, 11) is -2.00. The highest BCUT2D eigenvalue weighted by molar-refractivity contribution is 7.89. The van der Waals surface area contributed by atoms with Gasteiger partial charge in [0.25, 0.3) is 5.91 Å². The Kier molecular flexibility index (Phi) is 6.37. The summed E-state index contributed by atoms with van der Waals surface area (Å²) < 4.78 is 26.8. The van der Waals surface area contributed by atoms with E-state index in [0.717, 1.165) is 6.42 Å². The Morgan fingerprint density at radius 1 is 1.36 bits per heavy atom. The van der Waals surface area contributed by atoms with Gasteiger partial charge >= 0.3 is 0 Å². The highest BCUT2D eigenvalue weighted by atomic mass is 35.5. The van der Waals surface area contributed by atoms with Crippen molar-refractivity contribution in [1.82, 2.24) is 9.62 Å². The summed E-state index contributed by atoms with van der Waals surface area (Å²) in [5, 5.41) is 2.50. The van der Waals surface area contributed by atoms with Crippen LogP contribution in [0.1, 0.15) is 23.7 Å². The monoisotopic (exact) mass is 347 g/mol. The summed E-state index contributed by atoms with van der Waals surface area (Å²) in [5.41, 5.74) is 6.08. The molecule has 1 aromatic carbocycles. The molecule has 6 nitrogen and oxygen atoms in total. The Morgan fingerprint density at radius 2 is 1.95 bits per heavy atom. The Hall–Kier alpha value is -1.15. The molecule has 0 bridgehead atoms. The number of nitrogens with zero attached hydrogens (tertiary/aromatic N) is 1. The number of nitrogens with one attached hydrogen (secondary N) is 1. The Balaban J connectivity index is 0.00000242. The van der Waals surface area contributed by atoms with Crippen LogP contribution in [-0.2, 0) is 10.0 Å². The van der Waals surface area contributed by atoms with Gasteiger partial charge in [0.05, 0.1) is 4.90 Å². The van der Waals surface area contributed by atoms with Gasteiger partial charge in [-0.15, -0.1) is 12.4 Å². The molecule has 22 heavy (non-hydrogen) atoms. The second-order valence-corrected chi connectivity index (χ2v) is 7.26. The molecule has 2 rings (SSSR count). The van der Waals surface area contributed by atoms with Crippen molar-refractivity contribution in [3.8, 4) is 0 Å². The Labute approximate surface area is 137 Å². The van der Waals surface area contributed by atoms with E-state index < -0.39 is 10.0 Å². The molecule has 1 saturated heterocycles. The zero-order valence-corrected chi connectivity index (χ0v) is 14.3. The third-order valence-electron chi connectivity index (χ3n) is 3.89. The lowest BCUT2D eigenvalue weighted by molar-refractivity contribution is 0.0963. The summed E-state index contributed by atoms with van der Waals surface area (Å²) in [6, 6.07) is 5.94. The molecule has 1 heterocycles. The molecule has 0 saturated carbocycles. The smallest absolute Gasteiger partial charge is 0.251 e. The lowest BCUT2D eigenvalue weighted by Gasteiger charge is -2.21. The van der Waals surface area contributed by atoms with Crippen molar-refractivity contribution < 1.29 is 13.2 Å². The average molecular weight is 348 g/mol. The van der Waals surface area contributed by atoms with Gasteiger partial charge in [-0.2, -0.15) is 4.31 Å². The van der Waals surface area contributed by atoms with Crippen LogP contribution in [0, 0.1) is 5.92 Å². The van der Waals surface area contributed by atoms with E-state index in [1.807, 2.05) is 6.92 Å². The fraction of sp³-hybridized carbons (Fsp3) is 0.500. The van der Waals surface area contributed by atoms with Crippen molar-refractivity contribution in [1.29, 1.82) is 0 Å². The topological polar surface area (TPSA) is 92.5 Å². The van der Waals surface area contributed by atoms with Crippen LogP contribution in [0.4, 0.5) is 0 Å². The van der Waals surface area contributed by atoms with Gasteiger partial charge in [-0.3, -0.25) is 4.79 Å². The molecule has 1 aliphatic heterocycles. The first-order chi connectivity index (χ1) is 9.90. The van der Waals surface area contributed by atoms with E-state index in [1.165, 1.54) is 35.6 Å². The van der Waals surface area contributed by atoms with E-state index in [-0.39, 0.29) is 35.2 Å². The highest BCUT2D eigenvalue weighted by Gasteiger charge is 2.37. The second kappa shape index (κ2) is 7.41. The molecule has 124 valence electrons. The van der Waals surface area contributed by atoms with Crippen LogP contribution in [0.3, 0.4) is 0 Å². The molecule has 0 spiro atoms. The average Bonchev–Trinajstić information content (AvgIpc) is 2.88. The van der Waals surface area contributed by atoms with E-state index in [1.54, 1.807) is 0 Å². The number of hydrogen-bond acceptors (Lipinski definition) is 4. The van der Waals surface area contributed by atoms with Crippen LogP contribution >= 0.6 is 12.4 Å². The van der Waals surface area contributed by atoms with Gasteiger partial charge in [-0.1, -0.05) is 0 Å². The first kappa shape index (κ1) is 18.9. The normalized spacial score (nSPS) is 22.1. The van der Waals surface area contributed by atoms with Gasteiger partial charge in [0.2, 0.25) is 10.0 Å². The largest absolute Gasteiger partial charge is 0.355 e. The molecule has 3 N–H and O–H groups in total. The summed E-state index contributed by atoms with van der Waals surface area (Å²) in [6.07, 6.45) is 0.784. The molecule has 0 aliphatic carbocycles. The molecule has 1 fully saturated rings. The number of rotatable bonds is 4. The van der Waals surface area contributed by atoms with Crippen molar-refractivity contribution in [2.75, 3.05) is 20.1 Å². The zero-order valence-electron chi connectivity index (χ0n) is 12.7. The first-order valence-electron chi connectivity index (χ1n) is 6.94. The minimum absolute atomic E-state index is 0. The lowest BCUT2D eigenvalue weighted by atomic mass is 10.1. The summed E-state index contributed by atoms with van der Waals surface area (Å²) >= 11 is 0. The van der Waals surface area contributed by atoms with Crippen molar-refractivity contribution in [2.24, 2.45) is 11.7 Å². The van der Waals surface area contributed by atoms with E-state index >= 15 is 0 Å². The van der Waals surface area contributed by atoms with Crippen LogP contribution in [-0.4, -0.2) is 44.8 Å². The molecule has 0 radical (unpaired) electrons. The van der Waals surface area contributed by atoms with Crippen molar-refractivity contribution in [3.63, 3.8) is 0 Å². The number of nitrogens with two attached hydrogens (primary N) is 1. The van der Waals surface area contributed by atoms with Crippen molar-refractivity contribution >= 4 is 28.3 Å². The number of amides is 1. The van der Waals surface area contributed by atoms with Crippen LogP contribution in [0.5, 0.6) is 0 Å². The van der Waals surface area contributed by atoms with E-state index in [4.69, 9.17) is 5.73 Å². The number of hydrogen-bond donors (Lipinski definition) is 2. The first-order valence-corrected chi connectivity index (χ1v) is 8.38. The maximum atomic E-state index is 12.6. The second-order valence-electron chi connectivity index (χ2n) is 5.36. The number of halogens is 1. The summed E-state index contributed by atoms with van der Waals surface area (Å²) in [6.45, 7) is 2.84. The predicted molar refractivity (Wildman–Crippen MR) is 87.6 cm³/mol. The molecule has 8 heteroatoms. The number of sulfonamides is 1. The van der Waals surface area contributed by atoms with Crippen molar-refractivity contribution in [2.45, 2.75) is 24.3 Å². The molecule has 1 aromatic rings. The number of benzene rings is 1. The van der Waals surface area contributed by atoms with Crippen molar-refractivity contribution in [3.05, 3.63) is 29.8 Å². The maximum Gasteiger partial charge on any atom is 0.251 e. The molecule has 2 unspecified atom stereocenters. The van der Waals surface area contributed by atoms with Crippen LogP contribution in [0.15, 0.2) is 29.2 Å². The van der Waals surface area contributed by atoms with E-state index in [2.05, 4.69) is 5.32 Å². The minimum atomic E-state index is -3.53. The fourth-order valence-corrected chi connectivity index (χ4v) is 4.39. The highest BCUT2D eigenvalue weighted by Crippen LogP contribution is 2.28. The van der Waals surface area contributed by atoms with Gasteiger partial charge < -0.3 is 11.1 Å². The van der Waals surface area contributed by atoms with Gasteiger partial charge in [0, 0.05) is 25.2 Å². The zero-order chi connectivity index (χ0) is 15.6. The SMILES string of the molecule is CNC(=O)c1ccc(S(=O)(=O)N2CC(CN)CC2C)cc1.Cl. The van der Waals surface area contributed by atoms with Crippen LogP contribution in [0.2, 0.25) is 0 Å². The quantitative estimate of drug-likeness (QED) is 0.843. The summed E-state index contributed by atoms with van der Waals surface area (Å²) in [5.74, 6) is -0.0309. The predicted octanol–water partition coefficient (Wildman–Crippen LogP) is 0.826. The maximum absolute atomic E-state index is 12.6. The van der Waals surface area contributed by atoms with Gasteiger partial charge in [0.1, 0.15) is 0 Å². The molecular formula is C14H22ClN3O3S. The standard InChI is InChI=1S/C14H21N3O3S.ClH/c1-10-7-11(8-15)9-17(10)21(19,20)13-5-3-12(4-6-13)14(18)16-2;/h3-6,10-11H,7-9,15H2,1-2H3,(H,16,18);1H. The molecule has 2 atom stereocenters. The van der Waals surface area contributed by atoms with Gasteiger partial charge in [-0.25, -0.2) is 8.42 Å². The van der Waals surface area contributed by atoms with E-state index in [9.17, 15) is 13.2 Å². The lowest BCUT2D eigenvalue weighted by Crippen LogP contribution is -2.34. The number of carbonyl (C=O) groups excluding carboxylic acids is 1. The summed E-state index contributed by atoms with van der Waals surface area (Å²) in [4.78, 5) is 11.7. The minimum Gasteiger partial charge on any atom is -0.355 e. The van der Waals surface area contributed by atoms with Crippen LogP contribution < -0.4 is 11.1 Å². The third-order valence-corrected chi connectivity index (χ3v) is 5.88. The fourth-order valence-electron chi connectivity index (χ4n) is 2.67. The Morgan fingerprint density at radius 3 is 2.41 bits per heavy atom. The molecule has 1 aliphatic rings. The molecular weight excluding hydrogens is 326 g/mol. The van der Waals surface area contributed by atoms with Gasteiger partial charge in [-0.05, 0) is 50.1 Å². The molecule has 1 amide bonds. The number of carbonyl (C=O) groups is 1. The third kappa shape index (κ3) is 3.60. The van der Waals surface area contributed by atoms with Gasteiger partial charge in [0.15, 0.2) is 0 Å². The van der Waals surface area contributed by atoms with Crippen LogP contribution in [0.25, 0.3) is 0 Å². The Bertz CT molecular complexity index is 619.